The molecule has 2 unspecified atom stereocenters. The SMILES string of the molecule is CCOC(=O)[C@@H](CSCc1cccc(OCc2cn(C(CO)CF)nn2)c1)NC(=O)Cn1cc(COc2ccc3nc(C)sc3c2)nn1.NS(=O)(=O)c1nc2ccc(OCc3cn(CC(=O)N[C@H](CSCc4cccc(OCc5cn(C(CO)CF)nn5)c4)C(=O)O)nn3)cc2s1. The van der Waals surface area contributed by atoms with Gasteiger partial charge in [-0.3, -0.25) is 9.59 Å². The number of carboxylic acids is 1. The van der Waals surface area contributed by atoms with Crippen molar-refractivity contribution in [2.24, 2.45) is 5.14 Å². The van der Waals surface area contributed by atoms with Gasteiger partial charge in [-0.2, -0.15) is 23.5 Å². The number of nitrogens with two attached hydrogens (primary N) is 1. The molecule has 31 nitrogen and oxygen atoms in total. The van der Waals surface area contributed by atoms with Crippen LogP contribution in [-0.4, -0.2) is 174 Å². The number of hydrogen-bond acceptors (Lipinski definition) is 27. The molecule has 0 bridgehead atoms. The van der Waals surface area contributed by atoms with E-state index in [1.165, 1.54) is 60.8 Å². The monoisotopic (exact) mass is 1430 g/mol. The lowest BCUT2D eigenvalue weighted by Crippen LogP contribution is -2.45. The number of fused-ring (bicyclic) bond motifs is 2. The first-order chi connectivity index (χ1) is 46.8. The summed E-state index contributed by atoms with van der Waals surface area (Å²) in [7, 11) is -3.92. The fraction of sp³-hybridized carbons (Fsp3) is 0.356. The second-order valence-electron chi connectivity index (χ2n) is 21.0. The van der Waals surface area contributed by atoms with Crippen LogP contribution in [0.5, 0.6) is 23.0 Å². The summed E-state index contributed by atoms with van der Waals surface area (Å²) in [6, 6.07) is 21.5. The minimum absolute atomic E-state index is 0.00171. The highest BCUT2D eigenvalue weighted by atomic mass is 32.2. The lowest BCUT2D eigenvalue weighted by atomic mass is 10.2. The van der Waals surface area contributed by atoms with Gasteiger partial charge >= 0.3 is 11.9 Å². The van der Waals surface area contributed by atoms with Gasteiger partial charge in [0.15, 0.2) is 0 Å². The molecule has 7 N–H and O–H groups in total. The lowest BCUT2D eigenvalue weighted by molar-refractivity contribution is -0.146. The van der Waals surface area contributed by atoms with Crippen LogP contribution in [0.1, 0.15) is 57.9 Å². The smallest absolute Gasteiger partial charge is 0.329 e. The second-order valence-corrected chi connectivity index (χ2v) is 27.1. The van der Waals surface area contributed by atoms with Gasteiger partial charge in [0.2, 0.25) is 16.2 Å². The van der Waals surface area contributed by atoms with Crippen molar-refractivity contribution in [3.8, 4) is 23.0 Å². The first kappa shape index (κ1) is 72.0. The van der Waals surface area contributed by atoms with Gasteiger partial charge < -0.3 is 49.6 Å². The number of rotatable bonds is 36. The number of carboxylic acid groups (broad SMARTS) is 1. The van der Waals surface area contributed by atoms with Gasteiger partial charge in [-0.05, 0) is 85.6 Å². The van der Waals surface area contributed by atoms with Crippen molar-refractivity contribution >= 4 is 100 Å². The van der Waals surface area contributed by atoms with E-state index in [1.54, 1.807) is 66.9 Å². The number of thiazole rings is 2. The maximum atomic E-state index is 13.0. The number of hydrogen-bond donors (Lipinski definition) is 6. The number of esters is 1. The largest absolute Gasteiger partial charge is 0.487 e. The number of primary sulfonamides is 1. The van der Waals surface area contributed by atoms with Crippen LogP contribution in [0.2, 0.25) is 0 Å². The molecule has 6 aromatic heterocycles. The average Bonchev–Trinajstić information content (AvgIpc) is 1.69. The minimum Gasteiger partial charge on any atom is -0.487 e. The third kappa shape index (κ3) is 21.6. The van der Waals surface area contributed by atoms with E-state index in [9.17, 15) is 51.7 Å². The summed E-state index contributed by atoms with van der Waals surface area (Å²) in [6.45, 7) is 1.47. The molecular formula is C59H65F2N17O14S5. The minimum atomic E-state index is -3.92. The number of nitrogens with one attached hydrogen (secondary N) is 2. The van der Waals surface area contributed by atoms with Crippen LogP contribution < -0.4 is 34.7 Å². The molecule has 6 heterocycles. The molecule has 97 heavy (non-hydrogen) atoms. The lowest BCUT2D eigenvalue weighted by Gasteiger charge is -2.17. The van der Waals surface area contributed by atoms with Gasteiger partial charge in [-0.15, -0.1) is 43.1 Å². The van der Waals surface area contributed by atoms with E-state index < -0.39 is 77.9 Å². The van der Waals surface area contributed by atoms with Crippen LogP contribution in [0.4, 0.5) is 8.78 Å². The third-order valence-corrected chi connectivity index (χ3v) is 18.9. The number of aliphatic carboxylic acids is 1. The molecule has 38 heteroatoms. The van der Waals surface area contributed by atoms with Crippen LogP contribution in [0.3, 0.4) is 0 Å². The van der Waals surface area contributed by atoms with Gasteiger partial charge in [0.05, 0.1) is 70.0 Å². The van der Waals surface area contributed by atoms with Gasteiger partial charge in [-0.25, -0.2) is 60.6 Å². The van der Waals surface area contributed by atoms with Gasteiger partial charge in [0, 0.05) is 23.0 Å². The van der Waals surface area contributed by atoms with Crippen LogP contribution in [-0.2, 0) is 85.0 Å². The zero-order valence-corrected chi connectivity index (χ0v) is 55.9. The van der Waals surface area contributed by atoms with Crippen molar-refractivity contribution in [2.75, 3.05) is 44.7 Å². The van der Waals surface area contributed by atoms with Crippen molar-refractivity contribution in [3.05, 3.63) is 149 Å². The molecular weight excluding hydrogens is 1370 g/mol. The molecule has 10 aromatic rings. The molecule has 514 valence electrons. The van der Waals surface area contributed by atoms with E-state index >= 15 is 0 Å². The first-order valence-corrected chi connectivity index (χ1v) is 34.9. The summed E-state index contributed by atoms with van der Waals surface area (Å²) in [6.07, 6.45) is 6.14. The topological polar surface area (TPSA) is 408 Å². The van der Waals surface area contributed by atoms with E-state index in [-0.39, 0.29) is 68.6 Å². The van der Waals surface area contributed by atoms with Crippen molar-refractivity contribution in [3.63, 3.8) is 0 Å². The van der Waals surface area contributed by atoms with Crippen molar-refractivity contribution < 1.29 is 75.4 Å². The van der Waals surface area contributed by atoms with Crippen LogP contribution >= 0.6 is 46.2 Å². The molecule has 0 aliphatic carbocycles. The number of aromatic nitrogens is 14. The standard InChI is InChI=1S/C31H35FN8O6S2.C28H30FN9O8S3/c1-3-44-31(43)28(19-47-18-21-5-4-6-25(9-21)45-17-23-13-40(38-36-23)24(11-32)15-41)34-30(42)14-39-12-22(35-37-39)16-46-26-7-8-27-29(10-26)48-20(2)33-27;29-8-20(12-39)38-10-19(34-36-38)14-45-21-3-1-2-17(6-21)15-47-16-24(27(41)42)31-26(40)11-37-9-18(33-35-37)13-46-22-4-5-23-25(7-22)48-28(32-23)49(30,43)44/h4-10,12-13,24,28,41H,3,11,14-19H2,1-2H3,(H,34,42);1-7,9-10,20,24,39H,8,11-16H2,(H,31,40)(H,41,42)(H2,30,43,44)/t24?,28-;20?,24-/m11/s1. The zero-order chi connectivity index (χ0) is 68.8. The third-order valence-electron chi connectivity index (χ3n) is 13.5. The maximum Gasteiger partial charge on any atom is 0.329 e. The fourth-order valence-electron chi connectivity index (χ4n) is 8.72. The highest BCUT2D eigenvalue weighted by Gasteiger charge is 2.25. The predicted molar refractivity (Wildman–Crippen MR) is 350 cm³/mol. The Morgan fingerprint density at radius 2 is 1.05 bits per heavy atom. The van der Waals surface area contributed by atoms with Crippen molar-refractivity contribution in [1.29, 1.82) is 0 Å². The number of amides is 2. The number of aliphatic hydroxyl groups is 2. The summed E-state index contributed by atoms with van der Waals surface area (Å²) in [4.78, 5) is 58.5. The summed E-state index contributed by atoms with van der Waals surface area (Å²) in [5, 5.41) is 71.0. The molecule has 0 radical (unpaired) electrons. The Labute approximate surface area is 568 Å². The molecule has 4 atom stereocenters. The predicted octanol–water partition coefficient (Wildman–Crippen LogP) is 4.72. The van der Waals surface area contributed by atoms with Crippen LogP contribution in [0, 0.1) is 6.92 Å². The van der Waals surface area contributed by atoms with E-state index in [4.69, 9.17) is 28.8 Å². The number of nitrogens with zero attached hydrogens (tertiary/aromatic N) is 14. The average molecular weight is 1430 g/mol. The van der Waals surface area contributed by atoms with Crippen molar-refractivity contribution in [2.45, 2.75) is 93.4 Å². The second kappa shape index (κ2) is 35.1. The number of aryl methyl sites for hydroxylation is 1. The van der Waals surface area contributed by atoms with Gasteiger partial charge in [-0.1, -0.05) is 45.1 Å². The number of carbonyl (C=O) groups excluding carboxylic acids is 3. The van der Waals surface area contributed by atoms with E-state index in [0.717, 1.165) is 37.7 Å². The van der Waals surface area contributed by atoms with E-state index in [0.29, 0.717) is 67.5 Å². The molecule has 0 fully saturated rings. The number of alkyl halides is 2. The number of carbonyl (C=O) groups is 4. The molecule has 0 saturated heterocycles. The quantitative estimate of drug-likeness (QED) is 0.0289. The summed E-state index contributed by atoms with van der Waals surface area (Å²) >= 11 is 5.27. The maximum absolute atomic E-state index is 13.0. The van der Waals surface area contributed by atoms with E-state index in [1.807, 2.05) is 49.4 Å². The Balaban J connectivity index is 0.000000227. The highest BCUT2D eigenvalue weighted by molar-refractivity contribution is 7.98. The molecule has 2 amide bonds. The van der Waals surface area contributed by atoms with Crippen LogP contribution in [0.25, 0.3) is 20.4 Å². The molecule has 10 rings (SSSR count). The Morgan fingerprint density at radius 3 is 1.52 bits per heavy atom. The number of ether oxygens (including phenoxy) is 5. The zero-order valence-electron chi connectivity index (χ0n) is 51.8. The molecule has 0 aliphatic heterocycles. The van der Waals surface area contributed by atoms with Gasteiger partial charge in [0.25, 0.3) is 10.0 Å². The molecule has 0 aliphatic rings. The molecule has 4 aromatic carbocycles. The summed E-state index contributed by atoms with van der Waals surface area (Å²) in [5.74, 6) is 0.887. The first-order valence-electron chi connectivity index (χ1n) is 29.4. The summed E-state index contributed by atoms with van der Waals surface area (Å²) < 4.78 is 84.0. The Hall–Kier alpha value is -9.31. The van der Waals surface area contributed by atoms with Crippen LogP contribution in [0.15, 0.2) is 114 Å². The van der Waals surface area contributed by atoms with Gasteiger partial charge in [0.1, 0.15) is 123 Å². The van der Waals surface area contributed by atoms with Crippen molar-refractivity contribution in [1.82, 2.24) is 80.6 Å². The summed E-state index contributed by atoms with van der Waals surface area (Å²) in [5.41, 5.74) is 5.07. The Bertz CT molecular complexity index is 4370. The molecule has 0 spiro atoms. The normalized spacial score (nSPS) is 12.7. The number of sulfonamides is 1. The highest BCUT2D eigenvalue weighted by Crippen LogP contribution is 2.30. The fourth-order valence-corrected chi connectivity index (χ4v) is 13.2. The number of benzene rings is 4. The number of halogens is 2. The number of thioether (sulfide) groups is 2. The Morgan fingerprint density at radius 1 is 0.608 bits per heavy atom. The molecule has 0 saturated carbocycles. The Kier molecular flexibility index (Phi) is 26.0. The van der Waals surface area contributed by atoms with E-state index in [2.05, 4.69) is 61.8 Å². The number of aliphatic hydroxyl groups excluding tert-OH is 2.